The van der Waals surface area contributed by atoms with Crippen LogP contribution in [0.25, 0.3) is 21.8 Å². The van der Waals surface area contributed by atoms with Gasteiger partial charge in [-0.3, -0.25) is 4.79 Å². The summed E-state index contributed by atoms with van der Waals surface area (Å²) >= 11 is 0. The second-order valence-corrected chi connectivity index (χ2v) is 8.78. The maximum Gasteiger partial charge on any atom is 0.374 e. The van der Waals surface area contributed by atoms with Gasteiger partial charge in [0.2, 0.25) is 0 Å². The fraction of sp³-hybridized carbons (Fsp3) is 0.194. The van der Waals surface area contributed by atoms with E-state index >= 15 is 0 Å². The summed E-state index contributed by atoms with van der Waals surface area (Å²) in [5, 5.41) is 6.02. The highest BCUT2D eigenvalue weighted by Crippen LogP contribution is 2.31. The lowest BCUT2D eigenvalue weighted by Crippen LogP contribution is -2.20. The number of hydrogen-bond acceptors (Lipinski definition) is 5. The molecule has 1 heterocycles. The van der Waals surface area contributed by atoms with E-state index in [9.17, 15) is 9.59 Å². The molecule has 0 aliphatic heterocycles. The van der Waals surface area contributed by atoms with Crippen LogP contribution in [0, 0.1) is 6.92 Å². The molecule has 4 rings (SSSR count). The van der Waals surface area contributed by atoms with Crippen molar-refractivity contribution in [2.75, 3.05) is 0 Å². The van der Waals surface area contributed by atoms with E-state index in [1.807, 2.05) is 67.6 Å². The molecule has 1 unspecified atom stereocenters. The summed E-state index contributed by atoms with van der Waals surface area (Å²) in [5.74, 6) is -0.603. The van der Waals surface area contributed by atoms with Crippen LogP contribution < -0.4 is 0 Å². The van der Waals surface area contributed by atoms with Crippen LogP contribution in [0.4, 0.5) is 0 Å². The number of aromatic nitrogens is 1. The lowest BCUT2D eigenvalue weighted by molar-refractivity contribution is -0.152. The number of benzene rings is 3. The molecule has 0 amide bonds. The zero-order valence-corrected chi connectivity index (χ0v) is 21.5. The van der Waals surface area contributed by atoms with E-state index in [1.165, 1.54) is 6.26 Å². The number of oxime groups is 1. The molecule has 1 aromatic heterocycles. The van der Waals surface area contributed by atoms with Gasteiger partial charge in [-0.25, -0.2) is 4.79 Å². The van der Waals surface area contributed by atoms with Crippen LogP contribution in [0.5, 0.6) is 0 Å². The van der Waals surface area contributed by atoms with E-state index in [-0.39, 0.29) is 5.78 Å². The van der Waals surface area contributed by atoms with Crippen molar-refractivity contribution in [3.63, 3.8) is 0 Å². The Bertz CT molecular complexity index is 1560. The average Bonchev–Trinajstić information content (AvgIpc) is 3.23. The smallest absolute Gasteiger partial charge is 0.374 e. The zero-order valence-electron chi connectivity index (χ0n) is 21.5. The molecule has 1 atom stereocenters. The first-order valence-corrected chi connectivity index (χ1v) is 12.2. The molecule has 0 aliphatic rings. The third-order valence-electron chi connectivity index (χ3n) is 6.35. The number of carbonyl (C=O) groups is 2. The Morgan fingerprint density at radius 1 is 1.03 bits per heavy atom. The SMILES string of the molecule is C=C/C=C\OC(C)C(=O)O/N=C(\C)c1ccc2c(c1)c1cc(C(=O)c3ccccc3C)ccc1n2CC. The van der Waals surface area contributed by atoms with Gasteiger partial charge in [-0.1, -0.05) is 48.1 Å². The summed E-state index contributed by atoms with van der Waals surface area (Å²) in [6.07, 6.45) is 3.71. The van der Waals surface area contributed by atoms with Gasteiger partial charge in [-0.15, -0.1) is 0 Å². The average molecular weight is 495 g/mol. The van der Waals surface area contributed by atoms with Crippen LogP contribution in [-0.2, 0) is 20.9 Å². The number of nitrogens with zero attached hydrogens (tertiary/aromatic N) is 2. The lowest BCUT2D eigenvalue weighted by Gasteiger charge is -2.08. The van der Waals surface area contributed by atoms with Crippen molar-refractivity contribution in [1.82, 2.24) is 4.57 Å². The monoisotopic (exact) mass is 494 g/mol. The summed E-state index contributed by atoms with van der Waals surface area (Å²) < 4.78 is 7.47. The first kappa shape index (κ1) is 25.6. The third kappa shape index (κ3) is 5.23. The molecule has 3 aromatic carbocycles. The Kier molecular flexibility index (Phi) is 7.68. The second kappa shape index (κ2) is 11.1. The van der Waals surface area contributed by atoms with Gasteiger partial charge in [0.05, 0.1) is 12.0 Å². The molecular weight excluding hydrogens is 464 g/mol. The highest BCUT2D eigenvalue weighted by atomic mass is 16.7. The molecular formula is C31H30N2O4. The van der Waals surface area contributed by atoms with Gasteiger partial charge in [0.1, 0.15) is 0 Å². The molecule has 0 aliphatic carbocycles. The molecule has 0 bridgehead atoms. The highest BCUT2D eigenvalue weighted by molar-refractivity contribution is 6.16. The Balaban J connectivity index is 1.70. The quantitative estimate of drug-likeness (QED) is 0.0646. The van der Waals surface area contributed by atoms with Crippen molar-refractivity contribution in [2.45, 2.75) is 40.3 Å². The maximum absolute atomic E-state index is 13.3. The van der Waals surface area contributed by atoms with Crippen LogP contribution >= 0.6 is 0 Å². The summed E-state index contributed by atoms with van der Waals surface area (Å²) in [5.41, 5.74) is 5.76. The van der Waals surface area contributed by atoms with Crippen molar-refractivity contribution in [3.8, 4) is 0 Å². The number of ketones is 1. The van der Waals surface area contributed by atoms with Gasteiger partial charge in [0.15, 0.2) is 11.9 Å². The van der Waals surface area contributed by atoms with Gasteiger partial charge in [0, 0.05) is 39.5 Å². The fourth-order valence-corrected chi connectivity index (χ4v) is 4.31. The molecule has 0 N–H and O–H groups in total. The van der Waals surface area contributed by atoms with Gasteiger partial charge in [-0.2, -0.15) is 0 Å². The van der Waals surface area contributed by atoms with Crippen LogP contribution in [0.2, 0.25) is 0 Å². The minimum absolute atomic E-state index is 0.00233. The summed E-state index contributed by atoms with van der Waals surface area (Å²) in [4.78, 5) is 30.6. The van der Waals surface area contributed by atoms with Crippen molar-refractivity contribution < 1.29 is 19.2 Å². The van der Waals surface area contributed by atoms with E-state index in [1.54, 1.807) is 26.0 Å². The van der Waals surface area contributed by atoms with Crippen molar-refractivity contribution in [3.05, 3.63) is 108 Å². The van der Waals surface area contributed by atoms with E-state index in [0.717, 1.165) is 39.5 Å². The highest BCUT2D eigenvalue weighted by Gasteiger charge is 2.17. The number of ether oxygens (including phenoxy) is 1. The third-order valence-corrected chi connectivity index (χ3v) is 6.35. The van der Waals surface area contributed by atoms with Gasteiger partial charge >= 0.3 is 5.97 Å². The maximum atomic E-state index is 13.3. The van der Waals surface area contributed by atoms with Gasteiger partial charge in [-0.05, 0) is 75.2 Å². The largest absolute Gasteiger partial charge is 0.487 e. The van der Waals surface area contributed by atoms with Crippen molar-refractivity contribution in [1.29, 1.82) is 0 Å². The van der Waals surface area contributed by atoms with Gasteiger partial charge < -0.3 is 14.1 Å². The van der Waals surface area contributed by atoms with Gasteiger partial charge in [0.25, 0.3) is 0 Å². The first-order valence-electron chi connectivity index (χ1n) is 12.2. The second-order valence-electron chi connectivity index (χ2n) is 8.78. The molecule has 4 aromatic rings. The lowest BCUT2D eigenvalue weighted by atomic mass is 9.97. The first-order chi connectivity index (χ1) is 17.8. The summed E-state index contributed by atoms with van der Waals surface area (Å²) in [6.45, 7) is 11.7. The molecule has 37 heavy (non-hydrogen) atoms. The summed E-state index contributed by atoms with van der Waals surface area (Å²) in [7, 11) is 0. The fourth-order valence-electron chi connectivity index (χ4n) is 4.31. The molecule has 0 saturated heterocycles. The minimum atomic E-state index is -0.804. The van der Waals surface area contributed by atoms with Crippen molar-refractivity contribution in [2.24, 2.45) is 5.16 Å². The molecule has 188 valence electrons. The predicted octanol–water partition coefficient (Wildman–Crippen LogP) is 6.73. The summed E-state index contributed by atoms with van der Waals surface area (Å²) in [6, 6.07) is 19.5. The molecule has 0 saturated carbocycles. The number of rotatable bonds is 9. The number of hydrogen-bond donors (Lipinski definition) is 0. The predicted molar refractivity (Wildman–Crippen MR) is 148 cm³/mol. The standard InChI is InChI=1S/C31H30N2O4/c1-6-8-17-36-22(5)31(35)37-32-21(4)23-13-15-28-26(18-23)27-19-24(14-16-29(27)33(28)7-2)30(34)25-12-10-9-11-20(25)3/h6,8-19,22H,1,7H2,2-5H3/b17-8-,32-21+. The molecule has 6 heteroatoms. The zero-order chi connectivity index (χ0) is 26.5. The topological polar surface area (TPSA) is 69.9 Å². The molecule has 0 fully saturated rings. The number of aryl methyl sites for hydroxylation is 2. The number of allylic oxidation sites excluding steroid dienone is 2. The van der Waals surface area contributed by atoms with E-state index in [0.29, 0.717) is 16.8 Å². The number of carbonyl (C=O) groups excluding carboxylic acids is 2. The van der Waals surface area contributed by atoms with Crippen LogP contribution in [0.15, 0.2) is 90.8 Å². The van der Waals surface area contributed by atoms with E-state index in [2.05, 4.69) is 23.2 Å². The number of fused-ring (bicyclic) bond motifs is 3. The molecule has 0 radical (unpaired) electrons. The van der Waals surface area contributed by atoms with Crippen molar-refractivity contribution >= 4 is 39.3 Å². The van der Waals surface area contributed by atoms with Crippen LogP contribution in [0.1, 0.15) is 47.8 Å². The Labute approximate surface area is 216 Å². The van der Waals surface area contributed by atoms with Crippen LogP contribution in [0.3, 0.4) is 0 Å². The Hall–Kier alpha value is -4.45. The molecule has 0 spiro atoms. The normalized spacial score (nSPS) is 12.7. The Morgan fingerprint density at radius 2 is 1.68 bits per heavy atom. The van der Waals surface area contributed by atoms with E-state index < -0.39 is 12.1 Å². The molecule has 6 nitrogen and oxygen atoms in total. The minimum Gasteiger partial charge on any atom is -0.487 e. The van der Waals surface area contributed by atoms with E-state index in [4.69, 9.17) is 9.57 Å². The van der Waals surface area contributed by atoms with Crippen LogP contribution in [-0.4, -0.2) is 28.1 Å². The Morgan fingerprint density at radius 3 is 2.32 bits per heavy atom.